The Morgan fingerprint density at radius 2 is 2.17 bits per heavy atom. The van der Waals surface area contributed by atoms with Crippen molar-refractivity contribution in [1.82, 2.24) is 0 Å². The first-order valence-corrected chi connectivity index (χ1v) is 4.26. The number of aliphatic hydroxyl groups excluding tert-OH is 3. The molecule has 4 heteroatoms. The van der Waals surface area contributed by atoms with Gasteiger partial charge >= 0.3 is 0 Å². The van der Waals surface area contributed by atoms with Crippen molar-refractivity contribution in [2.24, 2.45) is 0 Å². The third kappa shape index (κ3) is 2.42. The minimum Gasteiger partial charge on any atom is -0.394 e. The topological polar surface area (TPSA) is 69.9 Å². The van der Waals surface area contributed by atoms with Crippen molar-refractivity contribution in [2.45, 2.75) is 44.2 Å². The summed E-state index contributed by atoms with van der Waals surface area (Å²) in [5, 5.41) is 27.3. The highest BCUT2D eigenvalue weighted by Gasteiger charge is 2.30. The lowest BCUT2D eigenvalue weighted by Crippen LogP contribution is -2.42. The van der Waals surface area contributed by atoms with E-state index in [0.717, 1.165) is 0 Å². The summed E-state index contributed by atoms with van der Waals surface area (Å²) in [6.07, 6.45) is -0.808. The third-order valence-electron chi connectivity index (χ3n) is 2.15. The van der Waals surface area contributed by atoms with Crippen molar-refractivity contribution in [1.29, 1.82) is 0 Å². The van der Waals surface area contributed by atoms with Crippen LogP contribution >= 0.6 is 0 Å². The number of hydrogen-bond acceptors (Lipinski definition) is 4. The van der Waals surface area contributed by atoms with Crippen LogP contribution in [0.3, 0.4) is 0 Å². The van der Waals surface area contributed by atoms with Crippen LogP contribution in [0.1, 0.15) is 19.8 Å². The van der Waals surface area contributed by atoms with Crippen molar-refractivity contribution in [2.75, 3.05) is 6.61 Å². The molecule has 12 heavy (non-hydrogen) atoms. The smallest absolute Gasteiger partial charge is 0.0860 e. The SMILES string of the molecule is CC(O)C1C[C@@H](O)C[C@@H](CO)O1. The molecule has 1 fully saturated rings. The molecule has 0 aromatic carbocycles. The summed E-state index contributed by atoms with van der Waals surface area (Å²) in [4.78, 5) is 0. The number of rotatable bonds is 2. The van der Waals surface area contributed by atoms with Crippen molar-refractivity contribution < 1.29 is 20.1 Å². The first kappa shape index (κ1) is 9.92. The van der Waals surface area contributed by atoms with E-state index in [1.807, 2.05) is 0 Å². The van der Waals surface area contributed by atoms with Gasteiger partial charge in [0, 0.05) is 12.8 Å². The van der Waals surface area contributed by atoms with Crippen LogP contribution in [-0.2, 0) is 4.74 Å². The number of aliphatic hydroxyl groups is 3. The van der Waals surface area contributed by atoms with Gasteiger partial charge in [0.2, 0.25) is 0 Å². The Labute approximate surface area is 71.8 Å². The Morgan fingerprint density at radius 1 is 1.50 bits per heavy atom. The predicted molar refractivity (Wildman–Crippen MR) is 42.7 cm³/mol. The van der Waals surface area contributed by atoms with E-state index < -0.39 is 12.2 Å². The normalized spacial score (nSPS) is 39.5. The molecule has 4 nitrogen and oxygen atoms in total. The van der Waals surface area contributed by atoms with Crippen LogP contribution in [0.2, 0.25) is 0 Å². The minimum absolute atomic E-state index is 0.0969. The third-order valence-corrected chi connectivity index (χ3v) is 2.15. The summed E-state index contributed by atoms with van der Waals surface area (Å²) in [5.74, 6) is 0. The molecule has 0 bridgehead atoms. The van der Waals surface area contributed by atoms with Crippen LogP contribution in [0.4, 0.5) is 0 Å². The molecule has 0 aliphatic carbocycles. The second-order valence-corrected chi connectivity index (χ2v) is 3.34. The molecule has 0 aromatic heterocycles. The Morgan fingerprint density at radius 3 is 2.67 bits per heavy atom. The predicted octanol–water partition coefficient (Wildman–Crippen LogP) is -0.732. The van der Waals surface area contributed by atoms with Crippen molar-refractivity contribution in [3.05, 3.63) is 0 Å². The first-order chi connectivity index (χ1) is 5.63. The lowest BCUT2D eigenvalue weighted by atomic mass is 9.98. The van der Waals surface area contributed by atoms with Gasteiger partial charge in [0.1, 0.15) is 0 Å². The van der Waals surface area contributed by atoms with Crippen molar-refractivity contribution in [3.63, 3.8) is 0 Å². The van der Waals surface area contributed by atoms with E-state index in [0.29, 0.717) is 12.8 Å². The Balaban J connectivity index is 2.45. The second kappa shape index (κ2) is 4.18. The maximum Gasteiger partial charge on any atom is 0.0860 e. The molecule has 72 valence electrons. The van der Waals surface area contributed by atoms with Gasteiger partial charge in [-0.2, -0.15) is 0 Å². The molecule has 1 aliphatic heterocycles. The van der Waals surface area contributed by atoms with Gasteiger partial charge < -0.3 is 20.1 Å². The zero-order chi connectivity index (χ0) is 9.14. The van der Waals surface area contributed by atoms with E-state index in [9.17, 15) is 10.2 Å². The molecular weight excluding hydrogens is 160 g/mol. The molecule has 0 amide bonds. The number of hydrogen-bond donors (Lipinski definition) is 3. The second-order valence-electron chi connectivity index (χ2n) is 3.34. The van der Waals surface area contributed by atoms with Crippen LogP contribution in [-0.4, -0.2) is 46.3 Å². The van der Waals surface area contributed by atoms with E-state index >= 15 is 0 Å². The van der Waals surface area contributed by atoms with E-state index in [4.69, 9.17) is 9.84 Å². The van der Waals surface area contributed by atoms with E-state index in [-0.39, 0.29) is 18.8 Å². The molecule has 0 aromatic rings. The molecular formula is C8H16O4. The highest BCUT2D eigenvalue weighted by Crippen LogP contribution is 2.21. The molecule has 0 saturated carbocycles. The fourth-order valence-corrected chi connectivity index (χ4v) is 1.45. The Bertz CT molecular complexity index is 137. The zero-order valence-corrected chi connectivity index (χ0v) is 7.18. The monoisotopic (exact) mass is 176 g/mol. The fraction of sp³-hybridized carbons (Fsp3) is 1.00. The first-order valence-electron chi connectivity index (χ1n) is 4.26. The van der Waals surface area contributed by atoms with Gasteiger partial charge in [0.05, 0.1) is 31.0 Å². The summed E-state index contributed by atoms with van der Waals surface area (Å²) in [6.45, 7) is 1.53. The standard InChI is InChI=1S/C8H16O4/c1-5(10)8-3-6(11)2-7(4-9)12-8/h5-11H,2-4H2,1H3/t5?,6-,7-,8?/m0/s1. The molecule has 0 radical (unpaired) electrons. The average Bonchev–Trinajstić information content (AvgIpc) is 2.03. The molecule has 1 saturated heterocycles. The maximum absolute atomic E-state index is 9.33. The summed E-state index contributed by atoms with van der Waals surface area (Å²) in [5.41, 5.74) is 0. The molecule has 3 N–H and O–H groups in total. The van der Waals surface area contributed by atoms with Crippen molar-refractivity contribution >= 4 is 0 Å². The fourth-order valence-electron chi connectivity index (χ4n) is 1.45. The molecule has 2 unspecified atom stereocenters. The molecule has 1 heterocycles. The largest absolute Gasteiger partial charge is 0.394 e. The lowest BCUT2D eigenvalue weighted by Gasteiger charge is -2.33. The quantitative estimate of drug-likeness (QED) is 0.518. The molecule has 0 spiro atoms. The van der Waals surface area contributed by atoms with Crippen LogP contribution < -0.4 is 0 Å². The van der Waals surface area contributed by atoms with Crippen LogP contribution in [0, 0.1) is 0 Å². The highest BCUT2D eigenvalue weighted by atomic mass is 16.5. The van der Waals surface area contributed by atoms with Gasteiger partial charge in [-0.1, -0.05) is 0 Å². The zero-order valence-electron chi connectivity index (χ0n) is 7.18. The molecule has 1 rings (SSSR count). The number of ether oxygens (including phenoxy) is 1. The maximum atomic E-state index is 9.33. The molecule has 4 atom stereocenters. The minimum atomic E-state index is -0.589. The van der Waals surface area contributed by atoms with Crippen LogP contribution in [0.25, 0.3) is 0 Å². The van der Waals surface area contributed by atoms with Crippen LogP contribution in [0.15, 0.2) is 0 Å². The lowest BCUT2D eigenvalue weighted by molar-refractivity contribution is -0.144. The summed E-state index contributed by atoms with van der Waals surface area (Å²) in [7, 11) is 0. The van der Waals surface area contributed by atoms with E-state index in [1.165, 1.54) is 0 Å². The van der Waals surface area contributed by atoms with Gasteiger partial charge in [0.25, 0.3) is 0 Å². The summed E-state index contributed by atoms with van der Waals surface area (Å²) in [6, 6.07) is 0. The van der Waals surface area contributed by atoms with Gasteiger partial charge in [-0.15, -0.1) is 0 Å². The summed E-state index contributed by atoms with van der Waals surface area (Å²) >= 11 is 0. The van der Waals surface area contributed by atoms with E-state index in [2.05, 4.69) is 0 Å². The average molecular weight is 176 g/mol. The molecule has 1 aliphatic rings. The Kier molecular flexibility index (Phi) is 3.46. The van der Waals surface area contributed by atoms with Gasteiger partial charge in [-0.25, -0.2) is 0 Å². The van der Waals surface area contributed by atoms with Gasteiger partial charge in [-0.3, -0.25) is 0 Å². The summed E-state index contributed by atoms with van der Waals surface area (Å²) < 4.78 is 5.31. The van der Waals surface area contributed by atoms with Gasteiger partial charge in [-0.05, 0) is 6.92 Å². The van der Waals surface area contributed by atoms with Crippen LogP contribution in [0.5, 0.6) is 0 Å². The highest BCUT2D eigenvalue weighted by molar-refractivity contribution is 4.79. The Hall–Kier alpha value is -0.160. The van der Waals surface area contributed by atoms with Crippen molar-refractivity contribution in [3.8, 4) is 0 Å². The van der Waals surface area contributed by atoms with Gasteiger partial charge in [0.15, 0.2) is 0 Å². The van der Waals surface area contributed by atoms with E-state index in [1.54, 1.807) is 6.92 Å².